The molecule has 1 aromatic heterocycles. The number of hydrogen-bond donors (Lipinski definition) is 1. The van der Waals surface area contributed by atoms with Crippen LogP contribution in [0.4, 0.5) is 10.6 Å². The fraction of sp³-hybridized carbons (Fsp3) is 0.625. The molecule has 24 heavy (non-hydrogen) atoms. The van der Waals surface area contributed by atoms with Crippen LogP contribution in [0, 0.1) is 0 Å². The van der Waals surface area contributed by atoms with Crippen LogP contribution in [0.5, 0.6) is 0 Å². The van der Waals surface area contributed by atoms with Gasteiger partial charge in [0.1, 0.15) is 23.8 Å². The third kappa shape index (κ3) is 4.81. The third-order valence-electron chi connectivity index (χ3n) is 3.47. The van der Waals surface area contributed by atoms with Crippen LogP contribution in [0.2, 0.25) is 0 Å². The van der Waals surface area contributed by atoms with Gasteiger partial charge >= 0.3 is 6.09 Å². The minimum absolute atomic E-state index is 0.171. The van der Waals surface area contributed by atoms with Crippen LogP contribution in [0.15, 0.2) is 10.9 Å². The molecule has 0 unspecified atom stereocenters. The van der Waals surface area contributed by atoms with Crippen LogP contribution in [-0.2, 0) is 22.5 Å². The molecule has 132 valence electrons. The molecule has 0 atom stereocenters. The van der Waals surface area contributed by atoms with Gasteiger partial charge in [0, 0.05) is 26.1 Å². The highest BCUT2D eigenvalue weighted by Gasteiger charge is 2.21. The monoisotopic (exact) mass is 336 g/mol. The van der Waals surface area contributed by atoms with Crippen LogP contribution in [-0.4, -0.2) is 45.6 Å². The standard InChI is InChI=1S/C16H24N4O4/c1-16(2,3)24-15(23)19(4)10-13(21)18-11-9-14(22)20-8-6-5-7-12(20)17-11/h9H,5-8,10H2,1-4H3,(H,18,21). The Hall–Kier alpha value is -2.38. The number of rotatable bonds is 3. The lowest BCUT2D eigenvalue weighted by Crippen LogP contribution is -2.39. The molecule has 2 heterocycles. The molecule has 1 N–H and O–H groups in total. The molecule has 2 amide bonds. The van der Waals surface area contributed by atoms with Crippen molar-refractivity contribution in [2.24, 2.45) is 0 Å². The predicted octanol–water partition coefficient (Wildman–Crippen LogP) is 1.38. The van der Waals surface area contributed by atoms with E-state index in [0.717, 1.165) is 19.3 Å². The average Bonchev–Trinajstić information content (AvgIpc) is 2.45. The van der Waals surface area contributed by atoms with E-state index in [1.807, 2.05) is 0 Å². The number of hydrogen-bond acceptors (Lipinski definition) is 5. The number of nitrogens with one attached hydrogen (secondary N) is 1. The number of aryl methyl sites for hydroxylation is 1. The molecule has 0 aliphatic carbocycles. The lowest BCUT2D eigenvalue weighted by molar-refractivity contribution is -0.117. The Kier molecular flexibility index (Phi) is 5.26. The van der Waals surface area contributed by atoms with E-state index in [4.69, 9.17) is 4.74 Å². The topological polar surface area (TPSA) is 93.5 Å². The molecule has 0 bridgehead atoms. The maximum Gasteiger partial charge on any atom is 0.410 e. The summed E-state index contributed by atoms with van der Waals surface area (Å²) in [5.74, 6) is 0.469. The lowest BCUT2D eigenvalue weighted by Gasteiger charge is -2.24. The van der Waals surface area contributed by atoms with E-state index in [1.165, 1.54) is 18.0 Å². The Balaban J connectivity index is 1.99. The summed E-state index contributed by atoms with van der Waals surface area (Å²) < 4.78 is 6.81. The second-order valence-electron chi connectivity index (χ2n) is 6.89. The highest BCUT2D eigenvalue weighted by molar-refractivity contribution is 5.93. The van der Waals surface area contributed by atoms with E-state index in [1.54, 1.807) is 25.3 Å². The van der Waals surface area contributed by atoms with Crippen molar-refractivity contribution in [2.45, 2.75) is 52.2 Å². The zero-order valence-electron chi connectivity index (χ0n) is 14.6. The molecule has 2 rings (SSSR count). The van der Waals surface area contributed by atoms with Crippen molar-refractivity contribution in [2.75, 3.05) is 18.9 Å². The quantitative estimate of drug-likeness (QED) is 0.900. The van der Waals surface area contributed by atoms with Gasteiger partial charge in [-0.3, -0.25) is 14.2 Å². The average molecular weight is 336 g/mol. The number of amides is 2. The summed E-state index contributed by atoms with van der Waals surface area (Å²) >= 11 is 0. The van der Waals surface area contributed by atoms with Gasteiger partial charge in [-0.1, -0.05) is 0 Å². The second kappa shape index (κ2) is 7.02. The van der Waals surface area contributed by atoms with E-state index in [9.17, 15) is 14.4 Å². The molecular formula is C16H24N4O4. The van der Waals surface area contributed by atoms with Gasteiger partial charge in [0.15, 0.2) is 0 Å². The molecule has 0 saturated heterocycles. The number of carbonyl (C=O) groups excluding carboxylic acids is 2. The normalized spacial score (nSPS) is 13.8. The Morgan fingerprint density at radius 3 is 2.75 bits per heavy atom. The van der Waals surface area contributed by atoms with Crippen LogP contribution < -0.4 is 10.9 Å². The van der Waals surface area contributed by atoms with Crippen molar-refractivity contribution in [3.05, 3.63) is 22.2 Å². The van der Waals surface area contributed by atoms with Gasteiger partial charge in [-0.25, -0.2) is 9.78 Å². The van der Waals surface area contributed by atoms with Gasteiger partial charge < -0.3 is 15.0 Å². The van der Waals surface area contributed by atoms with Crippen molar-refractivity contribution < 1.29 is 14.3 Å². The summed E-state index contributed by atoms with van der Waals surface area (Å²) in [4.78, 5) is 41.4. The third-order valence-corrected chi connectivity index (χ3v) is 3.47. The predicted molar refractivity (Wildman–Crippen MR) is 88.9 cm³/mol. The van der Waals surface area contributed by atoms with Gasteiger partial charge in [0.25, 0.3) is 5.56 Å². The molecule has 8 heteroatoms. The molecule has 0 saturated carbocycles. The first-order valence-electron chi connectivity index (χ1n) is 8.00. The summed E-state index contributed by atoms with van der Waals surface area (Å²) in [6.45, 7) is 5.74. The molecule has 0 spiro atoms. The fourth-order valence-corrected chi connectivity index (χ4v) is 2.40. The smallest absolute Gasteiger partial charge is 0.410 e. The second-order valence-corrected chi connectivity index (χ2v) is 6.89. The first-order chi connectivity index (χ1) is 11.2. The maximum atomic E-state index is 12.1. The highest BCUT2D eigenvalue weighted by atomic mass is 16.6. The molecule has 0 radical (unpaired) electrons. The minimum Gasteiger partial charge on any atom is -0.444 e. The number of carbonyl (C=O) groups is 2. The molecule has 1 aromatic rings. The maximum absolute atomic E-state index is 12.1. The van der Waals surface area contributed by atoms with Crippen molar-refractivity contribution in [3.8, 4) is 0 Å². The number of fused-ring (bicyclic) bond motifs is 1. The van der Waals surface area contributed by atoms with Crippen molar-refractivity contribution in [3.63, 3.8) is 0 Å². The van der Waals surface area contributed by atoms with Crippen LogP contribution in [0.25, 0.3) is 0 Å². The summed E-state index contributed by atoms with van der Waals surface area (Å²) in [7, 11) is 1.48. The molecule has 1 aliphatic rings. The van der Waals surface area contributed by atoms with Crippen LogP contribution in [0.3, 0.4) is 0 Å². The van der Waals surface area contributed by atoms with E-state index < -0.39 is 17.6 Å². The minimum atomic E-state index is -0.628. The molecule has 0 fully saturated rings. The number of nitrogens with zero attached hydrogens (tertiary/aromatic N) is 3. The largest absolute Gasteiger partial charge is 0.444 e. The van der Waals surface area contributed by atoms with Crippen molar-refractivity contribution >= 4 is 17.8 Å². The van der Waals surface area contributed by atoms with Gasteiger partial charge in [-0.2, -0.15) is 0 Å². The summed E-state index contributed by atoms with van der Waals surface area (Å²) in [6.07, 6.45) is 2.07. The SMILES string of the molecule is CN(CC(=O)Nc1cc(=O)n2c(n1)CCCC2)C(=O)OC(C)(C)C. The van der Waals surface area contributed by atoms with E-state index >= 15 is 0 Å². The van der Waals surface area contributed by atoms with Gasteiger partial charge in [-0.15, -0.1) is 0 Å². The zero-order valence-corrected chi connectivity index (χ0v) is 14.6. The van der Waals surface area contributed by atoms with Gasteiger partial charge in [0.2, 0.25) is 5.91 Å². The van der Waals surface area contributed by atoms with Gasteiger partial charge in [-0.05, 0) is 33.6 Å². The fourth-order valence-electron chi connectivity index (χ4n) is 2.40. The number of likely N-dealkylation sites (N-methyl/N-ethyl adjacent to an activating group) is 1. The number of ether oxygens (including phenoxy) is 1. The van der Waals surface area contributed by atoms with E-state index in [2.05, 4.69) is 10.3 Å². The van der Waals surface area contributed by atoms with Crippen molar-refractivity contribution in [1.29, 1.82) is 0 Å². The summed E-state index contributed by atoms with van der Waals surface area (Å²) in [6, 6.07) is 1.31. The van der Waals surface area contributed by atoms with Crippen LogP contribution in [0.1, 0.15) is 39.4 Å². The number of anilines is 1. The Bertz CT molecular complexity index is 690. The Labute approximate surface area is 140 Å². The molecular weight excluding hydrogens is 312 g/mol. The van der Waals surface area contributed by atoms with Crippen LogP contribution >= 0.6 is 0 Å². The molecule has 1 aliphatic heterocycles. The van der Waals surface area contributed by atoms with Gasteiger partial charge in [0.05, 0.1) is 0 Å². The molecule has 8 nitrogen and oxygen atoms in total. The molecule has 0 aromatic carbocycles. The first-order valence-corrected chi connectivity index (χ1v) is 8.00. The van der Waals surface area contributed by atoms with E-state index in [-0.39, 0.29) is 17.9 Å². The lowest BCUT2D eigenvalue weighted by atomic mass is 10.1. The zero-order chi connectivity index (χ0) is 17.9. The van der Waals surface area contributed by atoms with E-state index in [0.29, 0.717) is 12.4 Å². The Morgan fingerprint density at radius 2 is 2.08 bits per heavy atom. The summed E-state index contributed by atoms with van der Waals surface area (Å²) in [5.41, 5.74) is -0.799. The van der Waals surface area contributed by atoms with Crippen molar-refractivity contribution in [1.82, 2.24) is 14.5 Å². The highest BCUT2D eigenvalue weighted by Crippen LogP contribution is 2.12. The number of aromatic nitrogens is 2. The Morgan fingerprint density at radius 1 is 1.38 bits per heavy atom. The first kappa shape index (κ1) is 18.0. The summed E-state index contributed by atoms with van der Waals surface area (Å²) in [5, 5.41) is 2.57.